The highest BCUT2D eigenvalue weighted by atomic mass is 35.5. The molecule has 3 amide bonds. The van der Waals surface area contributed by atoms with Gasteiger partial charge in [0.25, 0.3) is 5.91 Å². The fraction of sp³-hybridized carbons (Fsp3) is 0.286. The largest absolute Gasteiger partial charge is 0.354 e. The average Bonchev–Trinajstić information content (AvgIpc) is 3.12. The molecule has 1 heterocycles. The third-order valence-corrected chi connectivity index (χ3v) is 4.78. The second-order valence-electron chi connectivity index (χ2n) is 6.60. The standard InChI is InChI=1S/C21H22ClN3O3/c22-17-7-5-16(6-8-17)21(28)24-12-11-23-19(26)14-15-3-9-18(10-4-15)25-13-1-2-20(25)27/h3-10H,1-2,11-14H2,(H,23,26)(H,24,28). The minimum Gasteiger partial charge on any atom is -0.354 e. The zero-order valence-corrected chi connectivity index (χ0v) is 16.2. The monoisotopic (exact) mass is 399 g/mol. The van der Waals surface area contributed by atoms with Crippen LogP contribution in [0.1, 0.15) is 28.8 Å². The van der Waals surface area contributed by atoms with Crippen molar-refractivity contribution in [3.05, 3.63) is 64.7 Å². The number of anilines is 1. The Bertz CT molecular complexity index is 850. The van der Waals surface area contributed by atoms with Gasteiger partial charge in [0.2, 0.25) is 11.8 Å². The van der Waals surface area contributed by atoms with Gasteiger partial charge in [0.15, 0.2) is 0 Å². The number of benzene rings is 2. The Morgan fingerprint density at radius 2 is 1.64 bits per heavy atom. The van der Waals surface area contributed by atoms with Crippen molar-refractivity contribution in [1.82, 2.24) is 10.6 Å². The van der Waals surface area contributed by atoms with Gasteiger partial charge >= 0.3 is 0 Å². The number of nitrogens with one attached hydrogen (secondary N) is 2. The first-order valence-corrected chi connectivity index (χ1v) is 9.60. The van der Waals surface area contributed by atoms with E-state index < -0.39 is 0 Å². The van der Waals surface area contributed by atoms with Gasteiger partial charge in [-0.3, -0.25) is 14.4 Å². The number of rotatable bonds is 7. The van der Waals surface area contributed by atoms with Crippen molar-refractivity contribution in [3.8, 4) is 0 Å². The van der Waals surface area contributed by atoms with Gasteiger partial charge in [0.1, 0.15) is 0 Å². The lowest BCUT2D eigenvalue weighted by molar-refractivity contribution is -0.120. The number of hydrogen-bond donors (Lipinski definition) is 2. The summed E-state index contributed by atoms with van der Waals surface area (Å²) in [5.41, 5.74) is 2.27. The Labute approximate surface area is 168 Å². The lowest BCUT2D eigenvalue weighted by atomic mass is 10.1. The first kappa shape index (κ1) is 19.9. The average molecular weight is 400 g/mol. The molecule has 0 aliphatic carbocycles. The van der Waals surface area contributed by atoms with E-state index in [-0.39, 0.29) is 24.1 Å². The van der Waals surface area contributed by atoms with Crippen LogP contribution >= 0.6 is 11.6 Å². The molecule has 1 aliphatic rings. The summed E-state index contributed by atoms with van der Waals surface area (Å²) < 4.78 is 0. The second-order valence-corrected chi connectivity index (χ2v) is 7.04. The summed E-state index contributed by atoms with van der Waals surface area (Å²) in [6, 6.07) is 14.1. The van der Waals surface area contributed by atoms with Crippen LogP contribution in [0.5, 0.6) is 0 Å². The van der Waals surface area contributed by atoms with Crippen LogP contribution in [-0.2, 0) is 16.0 Å². The molecule has 146 valence electrons. The van der Waals surface area contributed by atoms with Crippen LogP contribution in [0.3, 0.4) is 0 Å². The molecule has 0 saturated carbocycles. The quantitative estimate of drug-likeness (QED) is 0.702. The number of carbonyl (C=O) groups excluding carboxylic acids is 3. The molecule has 1 fully saturated rings. The first-order valence-electron chi connectivity index (χ1n) is 9.23. The van der Waals surface area contributed by atoms with Crippen molar-refractivity contribution in [2.75, 3.05) is 24.5 Å². The molecule has 0 radical (unpaired) electrons. The molecule has 1 aliphatic heterocycles. The molecular weight excluding hydrogens is 378 g/mol. The highest BCUT2D eigenvalue weighted by Crippen LogP contribution is 2.21. The zero-order chi connectivity index (χ0) is 19.9. The van der Waals surface area contributed by atoms with Crippen molar-refractivity contribution < 1.29 is 14.4 Å². The minimum absolute atomic E-state index is 0.120. The third kappa shape index (κ3) is 5.33. The van der Waals surface area contributed by atoms with E-state index in [0.29, 0.717) is 30.1 Å². The summed E-state index contributed by atoms with van der Waals surface area (Å²) in [6.45, 7) is 1.43. The molecule has 1 saturated heterocycles. The second kappa shape index (κ2) is 9.37. The SMILES string of the molecule is O=C(Cc1ccc(N2CCCC2=O)cc1)NCCNC(=O)c1ccc(Cl)cc1. The number of halogens is 1. The molecule has 0 unspecified atom stereocenters. The van der Waals surface area contributed by atoms with Gasteiger partial charge in [-0.25, -0.2) is 0 Å². The van der Waals surface area contributed by atoms with E-state index in [1.807, 2.05) is 24.3 Å². The highest BCUT2D eigenvalue weighted by molar-refractivity contribution is 6.30. The zero-order valence-electron chi connectivity index (χ0n) is 15.4. The Kier molecular flexibility index (Phi) is 6.66. The molecule has 2 N–H and O–H groups in total. The van der Waals surface area contributed by atoms with Gasteiger partial charge in [-0.05, 0) is 48.4 Å². The van der Waals surface area contributed by atoms with Crippen LogP contribution < -0.4 is 15.5 Å². The molecule has 7 heteroatoms. The Balaban J connectivity index is 1.39. The van der Waals surface area contributed by atoms with Crippen LogP contribution in [0.15, 0.2) is 48.5 Å². The lowest BCUT2D eigenvalue weighted by Gasteiger charge is -2.15. The summed E-state index contributed by atoms with van der Waals surface area (Å²) in [5, 5.41) is 6.10. The predicted molar refractivity (Wildman–Crippen MR) is 109 cm³/mol. The Hall–Kier alpha value is -2.86. The summed E-state index contributed by atoms with van der Waals surface area (Å²) in [4.78, 5) is 37.6. The fourth-order valence-corrected chi connectivity index (χ4v) is 3.17. The minimum atomic E-state index is -0.210. The van der Waals surface area contributed by atoms with E-state index in [0.717, 1.165) is 24.2 Å². The molecule has 0 bridgehead atoms. The van der Waals surface area contributed by atoms with Gasteiger partial charge in [0.05, 0.1) is 6.42 Å². The maximum absolute atomic E-state index is 12.1. The maximum Gasteiger partial charge on any atom is 0.251 e. The molecule has 2 aromatic carbocycles. The van der Waals surface area contributed by atoms with Crippen LogP contribution in [0, 0.1) is 0 Å². The van der Waals surface area contributed by atoms with Gasteiger partial charge in [-0.2, -0.15) is 0 Å². The molecule has 0 atom stereocenters. The van der Waals surface area contributed by atoms with E-state index >= 15 is 0 Å². The van der Waals surface area contributed by atoms with Crippen molar-refractivity contribution >= 4 is 35.0 Å². The van der Waals surface area contributed by atoms with Crippen molar-refractivity contribution in [2.24, 2.45) is 0 Å². The fourth-order valence-electron chi connectivity index (χ4n) is 3.04. The highest BCUT2D eigenvalue weighted by Gasteiger charge is 2.21. The lowest BCUT2D eigenvalue weighted by Crippen LogP contribution is -2.35. The van der Waals surface area contributed by atoms with Crippen LogP contribution in [-0.4, -0.2) is 37.4 Å². The third-order valence-electron chi connectivity index (χ3n) is 4.53. The summed E-state index contributed by atoms with van der Waals surface area (Å²) >= 11 is 5.80. The van der Waals surface area contributed by atoms with Crippen LogP contribution in [0.25, 0.3) is 0 Å². The molecule has 6 nitrogen and oxygen atoms in total. The predicted octanol–water partition coefficient (Wildman–Crippen LogP) is 2.56. The summed E-state index contributed by atoms with van der Waals surface area (Å²) in [7, 11) is 0. The van der Waals surface area contributed by atoms with Crippen molar-refractivity contribution in [1.29, 1.82) is 0 Å². The number of amides is 3. The molecule has 28 heavy (non-hydrogen) atoms. The summed E-state index contributed by atoms with van der Waals surface area (Å²) in [5.74, 6) is -0.185. The molecule has 0 aromatic heterocycles. The Morgan fingerprint density at radius 1 is 0.964 bits per heavy atom. The van der Waals surface area contributed by atoms with Crippen molar-refractivity contribution in [2.45, 2.75) is 19.3 Å². The normalized spacial score (nSPS) is 13.5. The molecule has 3 rings (SSSR count). The first-order chi connectivity index (χ1) is 13.5. The number of hydrogen-bond acceptors (Lipinski definition) is 3. The summed E-state index contributed by atoms with van der Waals surface area (Å²) in [6.07, 6.45) is 1.73. The van der Waals surface area contributed by atoms with Gasteiger partial charge < -0.3 is 15.5 Å². The van der Waals surface area contributed by atoms with E-state index in [2.05, 4.69) is 10.6 Å². The van der Waals surface area contributed by atoms with E-state index in [9.17, 15) is 14.4 Å². The smallest absolute Gasteiger partial charge is 0.251 e. The molecular formula is C21H22ClN3O3. The van der Waals surface area contributed by atoms with Crippen LogP contribution in [0.2, 0.25) is 5.02 Å². The molecule has 0 spiro atoms. The van der Waals surface area contributed by atoms with Gasteiger partial charge in [-0.1, -0.05) is 23.7 Å². The van der Waals surface area contributed by atoms with E-state index in [1.165, 1.54) is 0 Å². The van der Waals surface area contributed by atoms with Gasteiger partial charge in [0, 0.05) is 42.3 Å². The molecule has 2 aromatic rings. The van der Waals surface area contributed by atoms with Crippen LogP contribution in [0.4, 0.5) is 5.69 Å². The van der Waals surface area contributed by atoms with E-state index in [1.54, 1.807) is 29.2 Å². The van der Waals surface area contributed by atoms with Gasteiger partial charge in [-0.15, -0.1) is 0 Å². The van der Waals surface area contributed by atoms with Crippen molar-refractivity contribution in [3.63, 3.8) is 0 Å². The number of nitrogens with zero attached hydrogens (tertiary/aromatic N) is 1. The van der Waals surface area contributed by atoms with E-state index in [4.69, 9.17) is 11.6 Å². The Morgan fingerprint density at radius 3 is 2.29 bits per heavy atom. The maximum atomic E-state index is 12.1. The topological polar surface area (TPSA) is 78.5 Å². The number of carbonyl (C=O) groups is 3.